The van der Waals surface area contributed by atoms with Gasteiger partial charge < -0.3 is 10.2 Å². The molecule has 22 heavy (non-hydrogen) atoms. The van der Waals surface area contributed by atoms with Crippen molar-refractivity contribution < 1.29 is 9.59 Å². The predicted molar refractivity (Wildman–Crippen MR) is 90.2 cm³/mol. The van der Waals surface area contributed by atoms with Gasteiger partial charge in [0.15, 0.2) is 5.78 Å². The SMILES string of the molecule is CC(=O)c1ccc(C(=O)Nc2cc(Cl)ccc2N(C)C)cc1. The molecular formula is C17H17ClN2O2. The molecule has 2 aromatic carbocycles. The Hall–Kier alpha value is -2.33. The highest BCUT2D eigenvalue weighted by atomic mass is 35.5. The molecule has 0 atom stereocenters. The quantitative estimate of drug-likeness (QED) is 0.871. The molecule has 4 nitrogen and oxygen atoms in total. The molecule has 114 valence electrons. The molecule has 0 aromatic heterocycles. The van der Waals surface area contributed by atoms with Crippen molar-refractivity contribution in [3.05, 3.63) is 58.6 Å². The van der Waals surface area contributed by atoms with Crippen molar-refractivity contribution in [2.45, 2.75) is 6.92 Å². The van der Waals surface area contributed by atoms with E-state index in [1.807, 2.05) is 25.1 Å². The lowest BCUT2D eigenvalue weighted by Crippen LogP contribution is -2.16. The summed E-state index contributed by atoms with van der Waals surface area (Å²) >= 11 is 6.00. The number of nitrogens with one attached hydrogen (secondary N) is 1. The third kappa shape index (κ3) is 3.65. The Morgan fingerprint density at radius 3 is 2.14 bits per heavy atom. The lowest BCUT2D eigenvalue weighted by molar-refractivity contribution is 0.101. The maximum Gasteiger partial charge on any atom is 0.255 e. The van der Waals surface area contributed by atoms with E-state index >= 15 is 0 Å². The van der Waals surface area contributed by atoms with Crippen molar-refractivity contribution in [2.24, 2.45) is 0 Å². The number of carbonyl (C=O) groups is 2. The van der Waals surface area contributed by atoms with Crippen LogP contribution in [0.5, 0.6) is 0 Å². The maximum atomic E-state index is 12.3. The zero-order valence-corrected chi connectivity index (χ0v) is 13.4. The van der Waals surface area contributed by atoms with Gasteiger partial charge in [0.05, 0.1) is 11.4 Å². The Balaban J connectivity index is 2.25. The molecule has 0 saturated carbocycles. The smallest absolute Gasteiger partial charge is 0.255 e. The van der Waals surface area contributed by atoms with E-state index in [4.69, 9.17) is 11.6 Å². The molecule has 2 aromatic rings. The summed E-state index contributed by atoms with van der Waals surface area (Å²) in [6.45, 7) is 1.49. The number of halogens is 1. The Labute approximate surface area is 134 Å². The lowest BCUT2D eigenvalue weighted by atomic mass is 10.1. The third-order valence-corrected chi connectivity index (χ3v) is 3.48. The highest BCUT2D eigenvalue weighted by Gasteiger charge is 2.11. The number of hydrogen-bond acceptors (Lipinski definition) is 3. The zero-order chi connectivity index (χ0) is 16.3. The second-order valence-electron chi connectivity index (χ2n) is 5.14. The first-order chi connectivity index (χ1) is 10.4. The minimum absolute atomic E-state index is 0.0308. The fourth-order valence-electron chi connectivity index (χ4n) is 2.05. The van der Waals surface area contributed by atoms with E-state index in [1.54, 1.807) is 36.4 Å². The van der Waals surface area contributed by atoms with E-state index in [-0.39, 0.29) is 11.7 Å². The third-order valence-electron chi connectivity index (χ3n) is 3.24. The fourth-order valence-corrected chi connectivity index (χ4v) is 2.22. The predicted octanol–water partition coefficient (Wildman–Crippen LogP) is 3.86. The Bertz CT molecular complexity index is 709. The summed E-state index contributed by atoms with van der Waals surface area (Å²) < 4.78 is 0. The molecule has 0 saturated heterocycles. The Morgan fingerprint density at radius 2 is 1.59 bits per heavy atom. The summed E-state index contributed by atoms with van der Waals surface area (Å²) in [5, 5.41) is 3.40. The van der Waals surface area contributed by atoms with Gasteiger partial charge in [0.25, 0.3) is 5.91 Å². The molecule has 0 radical (unpaired) electrons. The van der Waals surface area contributed by atoms with Crippen LogP contribution >= 0.6 is 11.6 Å². The van der Waals surface area contributed by atoms with Gasteiger partial charge in [-0.15, -0.1) is 0 Å². The van der Waals surface area contributed by atoms with Crippen LogP contribution in [-0.4, -0.2) is 25.8 Å². The van der Waals surface area contributed by atoms with Crippen LogP contribution in [0.4, 0.5) is 11.4 Å². The van der Waals surface area contributed by atoms with Crippen molar-refractivity contribution in [3.8, 4) is 0 Å². The van der Waals surface area contributed by atoms with Crippen LogP contribution in [0.3, 0.4) is 0 Å². The van der Waals surface area contributed by atoms with Crippen molar-refractivity contribution in [2.75, 3.05) is 24.3 Å². The van der Waals surface area contributed by atoms with Gasteiger partial charge in [-0.2, -0.15) is 0 Å². The monoisotopic (exact) mass is 316 g/mol. The molecule has 2 rings (SSSR count). The molecule has 0 aliphatic rings. The lowest BCUT2D eigenvalue weighted by Gasteiger charge is -2.18. The summed E-state index contributed by atoms with van der Waals surface area (Å²) in [5.41, 5.74) is 2.55. The van der Waals surface area contributed by atoms with Gasteiger partial charge in [-0.25, -0.2) is 0 Å². The molecule has 0 fully saturated rings. The average Bonchev–Trinajstić information content (AvgIpc) is 2.47. The van der Waals surface area contributed by atoms with Gasteiger partial charge in [0.2, 0.25) is 0 Å². The van der Waals surface area contributed by atoms with E-state index in [0.717, 1.165) is 5.69 Å². The Morgan fingerprint density at radius 1 is 1.00 bits per heavy atom. The van der Waals surface area contributed by atoms with E-state index < -0.39 is 0 Å². The van der Waals surface area contributed by atoms with Gasteiger partial charge >= 0.3 is 0 Å². The van der Waals surface area contributed by atoms with E-state index in [9.17, 15) is 9.59 Å². The minimum atomic E-state index is -0.250. The number of benzene rings is 2. The highest BCUT2D eigenvalue weighted by Crippen LogP contribution is 2.28. The van der Waals surface area contributed by atoms with Crippen molar-refractivity contribution in [1.29, 1.82) is 0 Å². The number of rotatable bonds is 4. The summed E-state index contributed by atoms with van der Waals surface area (Å²) in [5.74, 6) is -0.280. The summed E-state index contributed by atoms with van der Waals surface area (Å²) in [7, 11) is 3.78. The van der Waals surface area contributed by atoms with E-state index in [1.165, 1.54) is 6.92 Å². The molecule has 0 unspecified atom stereocenters. The van der Waals surface area contributed by atoms with Crippen LogP contribution in [-0.2, 0) is 0 Å². The molecule has 0 spiro atoms. The maximum absolute atomic E-state index is 12.3. The van der Waals surface area contributed by atoms with E-state index in [0.29, 0.717) is 21.8 Å². The van der Waals surface area contributed by atoms with Crippen LogP contribution < -0.4 is 10.2 Å². The molecule has 5 heteroatoms. The van der Waals surface area contributed by atoms with Crippen LogP contribution in [0.2, 0.25) is 5.02 Å². The fraction of sp³-hybridized carbons (Fsp3) is 0.176. The first-order valence-electron chi connectivity index (χ1n) is 6.77. The standard InChI is InChI=1S/C17H17ClN2O2/c1-11(21)12-4-6-13(7-5-12)17(22)19-15-10-14(18)8-9-16(15)20(2)3/h4-10H,1-3H3,(H,19,22). The van der Waals surface area contributed by atoms with E-state index in [2.05, 4.69) is 5.32 Å². The first-order valence-corrected chi connectivity index (χ1v) is 7.15. The average molecular weight is 317 g/mol. The zero-order valence-electron chi connectivity index (χ0n) is 12.7. The van der Waals surface area contributed by atoms with Gasteiger partial charge in [0.1, 0.15) is 0 Å². The number of amides is 1. The largest absolute Gasteiger partial charge is 0.376 e. The molecule has 0 aliphatic carbocycles. The first kappa shape index (κ1) is 16.0. The van der Waals surface area contributed by atoms with Crippen LogP contribution in [0.15, 0.2) is 42.5 Å². The topological polar surface area (TPSA) is 49.4 Å². The second-order valence-corrected chi connectivity index (χ2v) is 5.58. The van der Waals surface area contributed by atoms with Gasteiger partial charge in [-0.3, -0.25) is 9.59 Å². The number of anilines is 2. The highest BCUT2D eigenvalue weighted by molar-refractivity contribution is 6.31. The van der Waals surface area contributed by atoms with Crippen LogP contribution in [0.25, 0.3) is 0 Å². The number of Topliss-reactive ketones (excluding diaryl/α,β-unsaturated/α-hetero) is 1. The molecule has 1 amide bonds. The van der Waals surface area contributed by atoms with Crippen molar-refractivity contribution in [3.63, 3.8) is 0 Å². The number of carbonyl (C=O) groups excluding carboxylic acids is 2. The molecular weight excluding hydrogens is 300 g/mol. The molecule has 1 N–H and O–H groups in total. The van der Waals surface area contributed by atoms with Crippen molar-refractivity contribution in [1.82, 2.24) is 0 Å². The molecule has 0 heterocycles. The molecule has 0 aliphatic heterocycles. The summed E-state index contributed by atoms with van der Waals surface area (Å²) in [6, 6.07) is 11.9. The normalized spacial score (nSPS) is 10.2. The van der Waals surface area contributed by atoms with Gasteiger partial charge in [-0.05, 0) is 37.3 Å². The van der Waals surface area contributed by atoms with Crippen LogP contribution in [0.1, 0.15) is 27.6 Å². The van der Waals surface area contributed by atoms with Gasteiger partial charge in [-0.1, -0.05) is 23.7 Å². The minimum Gasteiger partial charge on any atom is -0.376 e. The number of nitrogens with zero attached hydrogens (tertiary/aromatic N) is 1. The Kier molecular flexibility index (Phi) is 4.83. The van der Waals surface area contributed by atoms with Gasteiger partial charge in [0, 0.05) is 30.2 Å². The van der Waals surface area contributed by atoms with Crippen LogP contribution in [0, 0.1) is 0 Å². The second kappa shape index (κ2) is 6.62. The summed E-state index contributed by atoms with van der Waals surface area (Å²) in [6.07, 6.45) is 0. The number of hydrogen-bond donors (Lipinski definition) is 1. The molecule has 0 bridgehead atoms. The summed E-state index contributed by atoms with van der Waals surface area (Å²) in [4.78, 5) is 25.5. The van der Waals surface area contributed by atoms with Crippen molar-refractivity contribution >= 4 is 34.7 Å². The number of ketones is 1.